The monoisotopic (exact) mass is 500 g/mol. The van der Waals surface area contributed by atoms with E-state index in [9.17, 15) is 9.59 Å². The third-order valence-corrected chi connectivity index (χ3v) is 5.95. The Bertz CT molecular complexity index is 342. The normalized spacial score (nSPS) is 9.96. The second kappa shape index (κ2) is 26.7. The van der Waals surface area contributed by atoms with Gasteiger partial charge in [0.05, 0.1) is 0 Å². The summed E-state index contributed by atoms with van der Waals surface area (Å²) in [5.74, 6) is -0.375. The topological polar surface area (TPSA) is 72.2 Å². The van der Waals surface area contributed by atoms with Crippen molar-refractivity contribution in [2.45, 2.75) is 115 Å². The Balaban J connectivity index is -0.0000000803. The maximum absolute atomic E-state index is 11.3. The fourth-order valence-electron chi connectivity index (χ4n) is 2.53. The van der Waals surface area contributed by atoms with Gasteiger partial charge in [-0.1, -0.05) is 114 Å². The summed E-state index contributed by atoms with van der Waals surface area (Å²) in [6.45, 7) is 8.28. The van der Waals surface area contributed by atoms with Crippen molar-refractivity contribution >= 4 is 27.9 Å². The Hall–Kier alpha value is 2.69. The molecule has 154 valence electrons. The quantitative estimate of drug-likeness (QED) is 0.221. The molecule has 0 aromatic carbocycles. The van der Waals surface area contributed by atoms with Gasteiger partial charge in [-0.2, -0.15) is 0 Å². The van der Waals surface area contributed by atoms with E-state index in [1.54, 1.807) is 0 Å². The molecule has 0 aliphatic rings. The summed E-state index contributed by atoms with van der Waals surface area (Å²) in [5.41, 5.74) is 4.81. The molecule has 7 heteroatoms. The minimum Gasteiger partial charge on any atom is -1.00 e. The van der Waals surface area contributed by atoms with Crippen LogP contribution >= 0.6 is 15.9 Å². The fourth-order valence-corrected chi connectivity index (χ4v) is 2.63. The molecule has 0 radical (unpaired) electrons. The average molecular weight is 502 g/mol. The number of rotatable bonds is 13. The van der Waals surface area contributed by atoms with Crippen molar-refractivity contribution in [3.05, 3.63) is 0 Å². The molecule has 0 fully saturated rings. The molecule has 4 nitrogen and oxygen atoms in total. The Labute approximate surface area is 265 Å². The first-order valence-electron chi connectivity index (χ1n) is 10.2. The van der Waals surface area contributed by atoms with Crippen molar-refractivity contribution in [3.8, 4) is 0 Å². The third-order valence-electron chi connectivity index (χ3n) is 4.47. The zero-order chi connectivity index (χ0) is 19.6. The number of imide groups is 1. The largest absolute Gasteiger partial charge is 1.00 e. The zero-order valence-corrected chi connectivity index (χ0v) is 26.8. The number of hydrogen-bond donors (Lipinski definition) is 2. The first-order chi connectivity index (χ1) is 11.9. The number of unbranched alkanes of at least 4 members (excludes halogenated alkanes) is 10. The Morgan fingerprint density at radius 3 is 1.30 bits per heavy atom. The number of hydrogen-bond acceptors (Lipinski definition) is 2. The van der Waals surface area contributed by atoms with Crippen molar-refractivity contribution in [1.82, 2.24) is 5.32 Å². The van der Waals surface area contributed by atoms with Crippen LogP contribution in [-0.2, 0) is 4.79 Å². The number of amides is 3. The van der Waals surface area contributed by atoms with E-state index in [2.05, 4.69) is 29.8 Å². The van der Waals surface area contributed by atoms with Gasteiger partial charge in [0.2, 0.25) is 5.91 Å². The summed E-state index contributed by atoms with van der Waals surface area (Å²) >= 11 is 3.26. The number of nitrogens with two attached hydrogens (primary N) is 1. The Kier molecular flexibility index (Phi) is 36.7. The number of halogens is 1. The van der Waals surface area contributed by atoms with Crippen molar-refractivity contribution in [1.29, 1.82) is 0 Å². The second-order valence-electron chi connectivity index (χ2n) is 6.67. The predicted molar refractivity (Wildman–Crippen MR) is 114 cm³/mol. The van der Waals surface area contributed by atoms with Crippen LogP contribution in [0.25, 0.3) is 0 Å². The van der Waals surface area contributed by atoms with Crippen LogP contribution in [0, 0.1) is 0 Å². The van der Waals surface area contributed by atoms with Crippen LogP contribution in [0.2, 0.25) is 0 Å². The minimum absolute atomic E-state index is 0. The smallest absolute Gasteiger partial charge is 1.00 e. The number of primary amides is 1. The molecule has 0 aliphatic carbocycles. The Morgan fingerprint density at radius 1 is 0.778 bits per heavy atom. The molecule has 0 rings (SSSR count). The van der Waals surface area contributed by atoms with E-state index in [1.165, 1.54) is 70.6 Å². The van der Waals surface area contributed by atoms with Crippen LogP contribution in [0.1, 0.15) is 114 Å². The third kappa shape index (κ3) is 24.8. The van der Waals surface area contributed by atoms with Gasteiger partial charge in [0.15, 0.2) is 0 Å². The molecule has 0 spiro atoms. The number of urea groups is 1. The molecule has 0 atom stereocenters. The minimum atomic E-state index is -0.814. The summed E-state index contributed by atoms with van der Waals surface area (Å²) in [7, 11) is 0. The summed E-state index contributed by atoms with van der Waals surface area (Å²) in [4.78, 5) is 21.6. The van der Waals surface area contributed by atoms with E-state index in [1.807, 2.05) is 19.2 Å². The van der Waals surface area contributed by atoms with Crippen LogP contribution in [0.5, 0.6) is 0 Å². The maximum atomic E-state index is 11.3. The average Bonchev–Trinajstić information content (AvgIpc) is 2.59. The van der Waals surface area contributed by atoms with Gasteiger partial charge in [0.25, 0.3) is 0 Å². The van der Waals surface area contributed by atoms with Gasteiger partial charge < -0.3 is 8.59 Å². The molecular formula is C20H43BrK2N2O2. The van der Waals surface area contributed by atoms with Crippen LogP contribution in [0.3, 0.4) is 0 Å². The second-order valence-corrected chi connectivity index (χ2v) is 8.19. The van der Waals surface area contributed by atoms with Crippen molar-refractivity contribution in [2.75, 3.05) is 0 Å². The number of carbonyl (C=O) groups excluding carboxylic acids is 2. The summed E-state index contributed by atoms with van der Waals surface area (Å²) < 4.78 is -0.665. The van der Waals surface area contributed by atoms with Gasteiger partial charge in [0.1, 0.15) is 4.32 Å². The van der Waals surface area contributed by atoms with Gasteiger partial charge in [-0.3, -0.25) is 10.1 Å². The van der Waals surface area contributed by atoms with Gasteiger partial charge in [0, 0.05) is 0 Å². The molecule has 0 bridgehead atoms. The van der Waals surface area contributed by atoms with E-state index in [0.717, 1.165) is 0 Å². The van der Waals surface area contributed by atoms with Gasteiger partial charge in [-0.15, -0.1) is 0 Å². The predicted octanol–water partition coefficient (Wildman–Crippen LogP) is 0.685. The number of alkyl halides is 1. The van der Waals surface area contributed by atoms with Crippen LogP contribution in [-0.4, -0.2) is 16.3 Å². The molecular weight excluding hydrogens is 458 g/mol. The first-order valence-corrected chi connectivity index (χ1v) is 11.0. The molecule has 3 amide bonds. The molecule has 0 heterocycles. The van der Waals surface area contributed by atoms with Crippen LogP contribution in [0.4, 0.5) is 4.79 Å². The van der Waals surface area contributed by atoms with Crippen molar-refractivity contribution < 1.29 is 115 Å². The van der Waals surface area contributed by atoms with E-state index in [4.69, 9.17) is 5.73 Å². The summed E-state index contributed by atoms with van der Waals surface area (Å²) in [6, 6.07) is -0.814. The van der Waals surface area contributed by atoms with Gasteiger partial charge >= 0.3 is 109 Å². The molecule has 0 saturated heterocycles. The molecule has 0 saturated carbocycles. The van der Waals surface area contributed by atoms with Crippen molar-refractivity contribution in [3.63, 3.8) is 0 Å². The van der Waals surface area contributed by atoms with E-state index in [-0.39, 0.29) is 112 Å². The Morgan fingerprint density at radius 2 is 1.07 bits per heavy atom. The zero-order valence-electron chi connectivity index (χ0n) is 21.0. The summed E-state index contributed by atoms with van der Waals surface area (Å²) in [6.07, 6.45) is 17.2. The SMILES string of the molecule is CCC(Br)(CC)C(=O)NC(N)=O.CCCCCCCCCCCCC.[H-].[H-].[K+].[K+]. The molecule has 0 aromatic rings. The first kappa shape index (κ1) is 37.0. The van der Waals surface area contributed by atoms with Gasteiger partial charge in [-0.05, 0) is 12.8 Å². The van der Waals surface area contributed by atoms with Gasteiger partial charge in [-0.25, -0.2) is 4.79 Å². The number of nitrogens with one attached hydrogen (secondary N) is 1. The maximum Gasteiger partial charge on any atom is 1.00 e. The standard InChI is InChI=1S/C13H28.C7H13BrN2O2.2K.2H/c1-3-5-7-9-11-13-12-10-8-6-4-2;1-3-7(8,4-2)5(11)10-6(9)12;;;;/h3-13H2,1-2H3;3-4H2,1-2H3,(H3,9,10,11,12);;;;/q;;2*+1;2*-1. The van der Waals surface area contributed by atoms with E-state index < -0.39 is 10.4 Å². The molecule has 0 aromatic heterocycles. The van der Waals surface area contributed by atoms with Crippen LogP contribution in [0.15, 0.2) is 0 Å². The van der Waals surface area contributed by atoms with Crippen LogP contribution < -0.4 is 114 Å². The fraction of sp³-hybridized carbons (Fsp3) is 0.900. The summed E-state index contributed by atoms with van der Waals surface area (Å²) in [5, 5.41) is 2.04. The number of carbonyl (C=O) groups is 2. The molecule has 27 heavy (non-hydrogen) atoms. The molecule has 0 aliphatic heterocycles. The molecule has 0 unspecified atom stereocenters. The van der Waals surface area contributed by atoms with Crippen molar-refractivity contribution in [2.24, 2.45) is 5.73 Å². The molecule has 3 N–H and O–H groups in total. The van der Waals surface area contributed by atoms with E-state index >= 15 is 0 Å². The van der Waals surface area contributed by atoms with E-state index in [0.29, 0.717) is 12.8 Å².